The van der Waals surface area contributed by atoms with Crippen LogP contribution in [0.3, 0.4) is 0 Å². The van der Waals surface area contributed by atoms with Gasteiger partial charge in [0.15, 0.2) is 0 Å². The van der Waals surface area contributed by atoms with Crippen LogP contribution in [0, 0.1) is 0 Å². The van der Waals surface area contributed by atoms with Crippen LogP contribution >= 0.6 is 0 Å². The van der Waals surface area contributed by atoms with E-state index in [0.29, 0.717) is 13.0 Å². The number of rotatable bonds is 7. The van der Waals surface area contributed by atoms with Crippen LogP contribution in [0.2, 0.25) is 0 Å². The van der Waals surface area contributed by atoms with Gasteiger partial charge in [-0.15, -0.1) is 0 Å². The molecule has 0 saturated heterocycles. The zero-order chi connectivity index (χ0) is 12.6. The molecule has 0 spiro atoms. The third-order valence-electron chi connectivity index (χ3n) is 1.95. The summed E-state index contributed by atoms with van der Waals surface area (Å²) in [6, 6.07) is -0.672. The molecule has 0 saturated carbocycles. The van der Waals surface area contributed by atoms with Gasteiger partial charge in [-0.25, -0.2) is 0 Å². The van der Waals surface area contributed by atoms with Crippen molar-refractivity contribution in [1.29, 1.82) is 0 Å². The molecule has 6 heteroatoms. The topological polar surface area (TPSA) is 98.5 Å². The summed E-state index contributed by atoms with van der Waals surface area (Å²) in [5, 5.41) is 2.44. The highest BCUT2D eigenvalue weighted by molar-refractivity contribution is 5.87. The number of esters is 1. The Bertz CT molecular complexity index is 266. The average molecular weight is 230 g/mol. The number of carbonyl (C=O) groups is 3. The van der Waals surface area contributed by atoms with Crippen LogP contribution in [0.4, 0.5) is 0 Å². The fraction of sp³-hybridized carbons (Fsp3) is 0.700. The number of hydrogen-bond donors (Lipinski definition) is 2. The summed E-state index contributed by atoms with van der Waals surface area (Å²) in [5.41, 5.74) is 5.05. The van der Waals surface area contributed by atoms with Gasteiger partial charge in [0.25, 0.3) is 0 Å². The quantitative estimate of drug-likeness (QED) is 0.587. The molecule has 0 aromatic carbocycles. The molecule has 0 fully saturated rings. The normalized spacial score (nSPS) is 11.6. The van der Waals surface area contributed by atoms with Crippen LogP contribution in [0.5, 0.6) is 0 Å². The summed E-state index contributed by atoms with van der Waals surface area (Å²) in [7, 11) is 0. The minimum absolute atomic E-state index is 0.00259. The monoisotopic (exact) mass is 230 g/mol. The Balaban J connectivity index is 3.89. The highest BCUT2D eigenvalue weighted by Crippen LogP contribution is 1.96. The van der Waals surface area contributed by atoms with E-state index < -0.39 is 17.9 Å². The summed E-state index contributed by atoms with van der Waals surface area (Å²) in [5.74, 6) is -1.38. The number of amides is 2. The van der Waals surface area contributed by atoms with Crippen LogP contribution < -0.4 is 11.1 Å². The second kappa shape index (κ2) is 7.67. The Morgan fingerprint density at radius 3 is 2.31 bits per heavy atom. The zero-order valence-electron chi connectivity index (χ0n) is 9.62. The minimum Gasteiger partial charge on any atom is -0.466 e. The van der Waals surface area contributed by atoms with Gasteiger partial charge >= 0.3 is 5.97 Å². The first kappa shape index (κ1) is 14.4. The molecule has 0 rings (SSSR count). The molecule has 0 heterocycles. The van der Waals surface area contributed by atoms with Crippen molar-refractivity contribution >= 4 is 17.8 Å². The molecule has 0 radical (unpaired) electrons. The predicted octanol–water partition coefficient (Wildman–Crippen LogP) is -0.290. The van der Waals surface area contributed by atoms with Crippen molar-refractivity contribution in [2.75, 3.05) is 6.61 Å². The van der Waals surface area contributed by atoms with Gasteiger partial charge < -0.3 is 15.8 Å². The van der Waals surface area contributed by atoms with Gasteiger partial charge in [-0.1, -0.05) is 6.92 Å². The lowest BCUT2D eigenvalue weighted by Gasteiger charge is -2.12. The largest absolute Gasteiger partial charge is 0.466 e. The Kier molecular flexibility index (Phi) is 6.91. The van der Waals surface area contributed by atoms with Crippen molar-refractivity contribution < 1.29 is 19.1 Å². The van der Waals surface area contributed by atoms with Crippen LogP contribution in [0.25, 0.3) is 0 Å². The molecule has 0 unspecified atom stereocenters. The van der Waals surface area contributed by atoms with E-state index in [9.17, 15) is 14.4 Å². The average Bonchev–Trinajstić information content (AvgIpc) is 2.23. The summed E-state index contributed by atoms with van der Waals surface area (Å²) in [6.45, 7) is 3.72. The van der Waals surface area contributed by atoms with Gasteiger partial charge in [-0.05, 0) is 13.3 Å². The first-order valence-electron chi connectivity index (χ1n) is 5.25. The summed E-state index contributed by atoms with van der Waals surface area (Å²) >= 11 is 0. The van der Waals surface area contributed by atoms with Gasteiger partial charge in [-0.2, -0.15) is 0 Å². The highest BCUT2D eigenvalue weighted by atomic mass is 16.5. The molecular weight excluding hydrogens is 212 g/mol. The third-order valence-corrected chi connectivity index (χ3v) is 1.95. The first-order valence-corrected chi connectivity index (χ1v) is 5.25. The second-order valence-electron chi connectivity index (χ2n) is 3.24. The molecule has 6 nitrogen and oxygen atoms in total. The molecule has 0 aliphatic heterocycles. The van der Waals surface area contributed by atoms with Crippen molar-refractivity contribution in [2.45, 2.75) is 39.2 Å². The first-order chi connectivity index (χ1) is 7.51. The predicted molar refractivity (Wildman–Crippen MR) is 57.3 cm³/mol. The minimum atomic E-state index is -0.672. The molecule has 0 aliphatic carbocycles. The van der Waals surface area contributed by atoms with Crippen LogP contribution in [-0.4, -0.2) is 30.4 Å². The fourth-order valence-corrected chi connectivity index (χ4v) is 1.09. The molecule has 1 atom stereocenters. The van der Waals surface area contributed by atoms with E-state index in [2.05, 4.69) is 10.1 Å². The molecule has 92 valence electrons. The SMILES string of the molecule is CCOC(=O)CCC(=O)N[C@@H](CC)C(N)=O. The molecular formula is C10H18N2O4. The highest BCUT2D eigenvalue weighted by Gasteiger charge is 2.16. The van der Waals surface area contributed by atoms with E-state index in [4.69, 9.17) is 5.73 Å². The lowest BCUT2D eigenvalue weighted by atomic mass is 10.2. The number of ether oxygens (including phenoxy) is 1. The molecule has 0 aromatic rings. The van der Waals surface area contributed by atoms with E-state index in [-0.39, 0.29) is 18.7 Å². The molecule has 0 bridgehead atoms. The summed E-state index contributed by atoms with van der Waals surface area (Å²) < 4.78 is 4.66. The molecule has 16 heavy (non-hydrogen) atoms. The Hall–Kier alpha value is -1.59. The van der Waals surface area contributed by atoms with E-state index in [0.717, 1.165) is 0 Å². The zero-order valence-corrected chi connectivity index (χ0v) is 9.62. The van der Waals surface area contributed by atoms with Crippen LogP contribution in [0.15, 0.2) is 0 Å². The summed E-state index contributed by atoms with van der Waals surface area (Å²) in [4.78, 5) is 33.1. The van der Waals surface area contributed by atoms with Crippen molar-refractivity contribution in [3.05, 3.63) is 0 Å². The Morgan fingerprint density at radius 2 is 1.88 bits per heavy atom. The van der Waals surface area contributed by atoms with Crippen molar-refractivity contribution in [3.63, 3.8) is 0 Å². The third kappa shape index (κ3) is 6.00. The lowest BCUT2D eigenvalue weighted by Crippen LogP contribution is -2.44. The van der Waals surface area contributed by atoms with Crippen LogP contribution in [0.1, 0.15) is 33.1 Å². The van der Waals surface area contributed by atoms with E-state index >= 15 is 0 Å². The number of primary amides is 1. The van der Waals surface area contributed by atoms with Crippen molar-refractivity contribution in [3.8, 4) is 0 Å². The smallest absolute Gasteiger partial charge is 0.306 e. The number of nitrogens with two attached hydrogens (primary N) is 1. The van der Waals surface area contributed by atoms with Gasteiger partial charge in [0, 0.05) is 6.42 Å². The fourth-order valence-electron chi connectivity index (χ4n) is 1.09. The van der Waals surface area contributed by atoms with E-state index in [1.165, 1.54) is 0 Å². The Morgan fingerprint density at radius 1 is 1.25 bits per heavy atom. The number of carbonyl (C=O) groups excluding carboxylic acids is 3. The molecule has 0 aliphatic rings. The van der Waals surface area contributed by atoms with Gasteiger partial charge in [0.2, 0.25) is 11.8 Å². The molecule has 2 amide bonds. The maximum Gasteiger partial charge on any atom is 0.306 e. The van der Waals surface area contributed by atoms with E-state index in [1.807, 2.05) is 0 Å². The Labute approximate surface area is 94.5 Å². The maximum atomic E-state index is 11.3. The molecule has 3 N–H and O–H groups in total. The van der Waals surface area contributed by atoms with Gasteiger partial charge in [-0.3, -0.25) is 14.4 Å². The van der Waals surface area contributed by atoms with Gasteiger partial charge in [0.05, 0.1) is 13.0 Å². The molecule has 0 aromatic heterocycles. The summed E-state index contributed by atoms with van der Waals surface area (Å²) in [6.07, 6.45) is 0.442. The maximum absolute atomic E-state index is 11.3. The lowest BCUT2D eigenvalue weighted by molar-refractivity contribution is -0.144. The van der Waals surface area contributed by atoms with Crippen molar-refractivity contribution in [1.82, 2.24) is 5.32 Å². The van der Waals surface area contributed by atoms with Gasteiger partial charge in [0.1, 0.15) is 6.04 Å². The second-order valence-corrected chi connectivity index (χ2v) is 3.24. The van der Waals surface area contributed by atoms with E-state index in [1.54, 1.807) is 13.8 Å². The standard InChI is InChI=1S/C10H18N2O4/c1-3-7(10(11)15)12-8(13)5-6-9(14)16-4-2/h7H,3-6H2,1-2H3,(H2,11,15)(H,12,13)/t7-/m0/s1. The van der Waals surface area contributed by atoms with Crippen molar-refractivity contribution in [2.24, 2.45) is 5.73 Å². The van der Waals surface area contributed by atoms with Crippen LogP contribution in [-0.2, 0) is 19.1 Å². The number of nitrogens with one attached hydrogen (secondary N) is 1. The number of hydrogen-bond acceptors (Lipinski definition) is 4.